The number of anilines is 1. The molecule has 3 N–H and O–H groups in total. The van der Waals surface area contributed by atoms with Crippen molar-refractivity contribution in [3.63, 3.8) is 0 Å². The van der Waals surface area contributed by atoms with E-state index in [1.54, 1.807) is 0 Å². The van der Waals surface area contributed by atoms with E-state index in [1.807, 2.05) is 18.2 Å². The van der Waals surface area contributed by atoms with Crippen LogP contribution >= 0.6 is 11.6 Å². The lowest BCUT2D eigenvalue weighted by Gasteiger charge is -2.36. The van der Waals surface area contributed by atoms with E-state index < -0.39 is 0 Å². The summed E-state index contributed by atoms with van der Waals surface area (Å²) in [5, 5.41) is 4.27. The van der Waals surface area contributed by atoms with Gasteiger partial charge in [-0.1, -0.05) is 17.7 Å². The second-order valence-corrected chi connectivity index (χ2v) is 5.25. The van der Waals surface area contributed by atoms with E-state index >= 15 is 0 Å². The van der Waals surface area contributed by atoms with Crippen molar-refractivity contribution in [3.8, 4) is 0 Å². The third-order valence-corrected chi connectivity index (χ3v) is 3.69. The molecule has 1 aromatic rings. The van der Waals surface area contributed by atoms with Crippen LogP contribution in [0.25, 0.3) is 0 Å². The highest BCUT2D eigenvalue weighted by Gasteiger charge is 2.20. The van der Waals surface area contributed by atoms with Crippen LogP contribution in [0.5, 0.6) is 0 Å². The molecule has 100 valence electrons. The Labute approximate surface area is 114 Å². The van der Waals surface area contributed by atoms with E-state index in [-0.39, 0.29) is 0 Å². The zero-order valence-corrected chi connectivity index (χ0v) is 11.5. The fraction of sp³-hybridized carbons (Fsp3) is 0.571. The number of nitrogens with one attached hydrogen (secondary N) is 1. The van der Waals surface area contributed by atoms with Crippen molar-refractivity contribution in [2.24, 2.45) is 5.73 Å². The van der Waals surface area contributed by atoms with E-state index in [0.717, 1.165) is 37.6 Å². The number of hydrogen-bond acceptors (Lipinski definition) is 3. The summed E-state index contributed by atoms with van der Waals surface area (Å²) in [6, 6.07) is 8.68. The molecule has 3 nitrogen and oxygen atoms in total. The van der Waals surface area contributed by atoms with Crippen molar-refractivity contribution in [2.45, 2.75) is 25.3 Å². The maximum absolute atomic E-state index is 6.09. The number of rotatable bonds is 5. The number of hydrogen-bond donors (Lipinski definition) is 2. The molecule has 1 aliphatic heterocycles. The van der Waals surface area contributed by atoms with E-state index in [4.69, 9.17) is 17.3 Å². The molecule has 1 unspecified atom stereocenters. The van der Waals surface area contributed by atoms with Gasteiger partial charge in [0.1, 0.15) is 0 Å². The van der Waals surface area contributed by atoms with E-state index in [9.17, 15) is 0 Å². The molecular weight excluding hydrogens is 246 g/mol. The van der Waals surface area contributed by atoms with Gasteiger partial charge in [-0.15, -0.1) is 0 Å². The fourth-order valence-corrected chi connectivity index (χ4v) is 2.72. The minimum atomic E-state index is 0.559. The van der Waals surface area contributed by atoms with Gasteiger partial charge < -0.3 is 16.0 Å². The molecule has 0 amide bonds. The Morgan fingerprint density at radius 3 is 3.00 bits per heavy atom. The molecule has 4 heteroatoms. The first kappa shape index (κ1) is 13.7. The van der Waals surface area contributed by atoms with Crippen molar-refractivity contribution < 1.29 is 0 Å². The van der Waals surface area contributed by atoms with Gasteiger partial charge in [-0.25, -0.2) is 0 Å². The molecule has 1 fully saturated rings. The Hall–Kier alpha value is -0.770. The molecule has 0 aromatic heterocycles. The van der Waals surface area contributed by atoms with E-state index in [0.29, 0.717) is 6.04 Å². The third kappa shape index (κ3) is 3.61. The monoisotopic (exact) mass is 267 g/mol. The molecule has 1 aliphatic rings. The molecular formula is C14H22ClN3. The summed E-state index contributed by atoms with van der Waals surface area (Å²) in [5.74, 6) is 0. The predicted molar refractivity (Wildman–Crippen MR) is 78.4 cm³/mol. The number of nitrogens with two attached hydrogens (primary N) is 1. The van der Waals surface area contributed by atoms with Gasteiger partial charge in [0.25, 0.3) is 0 Å². The van der Waals surface area contributed by atoms with Gasteiger partial charge >= 0.3 is 0 Å². The summed E-state index contributed by atoms with van der Waals surface area (Å²) in [4.78, 5) is 2.45. The number of piperidine rings is 1. The molecule has 1 atom stereocenters. The summed E-state index contributed by atoms with van der Waals surface area (Å²) >= 11 is 6.09. The lowest BCUT2D eigenvalue weighted by atomic mass is 10.0. The number of halogens is 1. The average molecular weight is 268 g/mol. The van der Waals surface area contributed by atoms with Crippen molar-refractivity contribution in [1.29, 1.82) is 0 Å². The van der Waals surface area contributed by atoms with Crippen LogP contribution in [-0.2, 0) is 0 Å². The van der Waals surface area contributed by atoms with Crippen molar-refractivity contribution in [2.75, 3.05) is 31.1 Å². The Morgan fingerprint density at radius 1 is 1.44 bits per heavy atom. The lowest BCUT2D eigenvalue weighted by molar-refractivity contribution is 0.430. The van der Waals surface area contributed by atoms with Crippen molar-refractivity contribution >= 4 is 17.3 Å². The van der Waals surface area contributed by atoms with E-state index in [2.05, 4.69) is 16.3 Å². The second-order valence-electron chi connectivity index (χ2n) is 4.82. The molecule has 0 radical (unpaired) electrons. The highest BCUT2D eigenvalue weighted by molar-refractivity contribution is 6.30. The molecule has 0 bridgehead atoms. The normalized spacial score (nSPS) is 19.8. The van der Waals surface area contributed by atoms with E-state index in [1.165, 1.54) is 18.5 Å². The van der Waals surface area contributed by atoms with Gasteiger partial charge in [-0.3, -0.25) is 0 Å². The Kier molecular flexibility index (Phi) is 5.29. The van der Waals surface area contributed by atoms with Crippen molar-refractivity contribution in [3.05, 3.63) is 29.3 Å². The van der Waals surface area contributed by atoms with Gasteiger partial charge in [0.05, 0.1) is 0 Å². The zero-order valence-electron chi connectivity index (χ0n) is 10.7. The van der Waals surface area contributed by atoms with Crippen LogP contribution in [0.4, 0.5) is 5.69 Å². The molecule has 0 aliphatic carbocycles. The lowest BCUT2D eigenvalue weighted by Crippen LogP contribution is -2.46. The second kappa shape index (κ2) is 6.98. The molecule has 0 spiro atoms. The minimum absolute atomic E-state index is 0.559. The standard InChI is InChI=1S/C14H22ClN3/c15-12-4-1-5-13(10-12)18(9-3-7-16)14-6-2-8-17-11-14/h1,4-5,10,14,17H,2-3,6-9,11,16H2. The summed E-state index contributed by atoms with van der Waals surface area (Å²) in [7, 11) is 0. The van der Waals surface area contributed by atoms with Crippen LogP contribution in [0.3, 0.4) is 0 Å². The number of nitrogens with zero attached hydrogens (tertiary/aromatic N) is 1. The topological polar surface area (TPSA) is 41.3 Å². The average Bonchev–Trinajstić information content (AvgIpc) is 2.40. The summed E-state index contributed by atoms with van der Waals surface area (Å²) < 4.78 is 0. The maximum atomic E-state index is 6.09. The molecule has 1 heterocycles. The number of benzene rings is 1. The van der Waals surface area contributed by atoms with Crippen LogP contribution in [-0.4, -0.2) is 32.2 Å². The predicted octanol–water partition coefficient (Wildman–Crippen LogP) is 2.25. The minimum Gasteiger partial charge on any atom is -0.367 e. The smallest absolute Gasteiger partial charge is 0.0426 e. The first-order valence-electron chi connectivity index (χ1n) is 6.74. The summed E-state index contributed by atoms with van der Waals surface area (Å²) in [6.07, 6.45) is 3.50. The molecule has 0 saturated carbocycles. The fourth-order valence-electron chi connectivity index (χ4n) is 2.54. The SMILES string of the molecule is NCCCN(c1cccc(Cl)c1)C1CCCNC1. The highest BCUT2D eigenvalue weighted by atomic mass is 35.5. The molecule has 18 heavy (non-hydrogen) atoms. The van der Waals surface area contributed by atoms with Gasteiger partial charge in [-0.05, 0) is 50.6 Å². The van der Waals surface area contributed by atoms with Crippen LogP contribution in [0.1, 0.15) is 19.3 Å². The third-order valence-electron chi connectivity index (χ3n) is 3.45. The first-order chi connectivity index (χ1) is 8.81. The van der Waals surface area contributed by atoms with Gasteiger partial charge in [0.2, 0.25) is 0 Å². The summed E-state index contributed by atoms with van der Waals surface area (Å²) in [6.45, 7) is 3.92. The van der Waals surface area contributed by atoms with Gasteiger partial charge in [0.15, 0.2) is 0 Å². The van der Waals surface area contributed by atoms with Crippen molar-refractivity contribution in [1.82, 2.24) is 5.32 Å². The van der Waals surface area contributed by atoms with Gasteiger partial charge in [0, 0.05) is 29.8 Å². The van der Waals surface area contributed by atoms with Gasteiger partial charge in [-0.2, -0.15) is 0 Å². The largest absolute Gasteiger partial charge is 0.367 e. The zero-order chi connectivity index (χ0) is 12.8. The van der Waals surface area contributed by atoms with Crippen LogP contribution in [0.15, 0.2) is 24.3 Å². The first-order valence-corrected chi connectivity index (χ1v) is 7.12. The molecule has 2 rings (SSSR count). The summed E-state index contributed by atoms with van der Waals surface area (Å²) in [5.41, 5.74) is 6.86. The van der Waals surface area contributed by atoms with Crippen LogP contribution in [0.2, 0.25) is 5.02 Å². The van der Waals surface area contributed by atoms with Crippen LogP contribution < -0.4 is 16.0 Å². The maximum Gasteiger partial charge on any atom is 0.0426 e. The highest BCUT2D eigenvalue weighted by Crippen LogP contribution is 2.24. The molecule has 1 saturated heterocycles. The quantitative estimate of drug-likeness (QED) is 0.860. The van der Waals surface area contributed by atoms with Crippen LogP contribution in [0, 0.1) is 0 Å². The Bertz CT molecular complexity index is 364. The Balaban J connectivity index is 2.12. The molecule has 1 aromatic carbocycles. The Morgan fingerprint density at radius 2 is 2.33 bits per heavy atom.